The monoisotopic (exact) mass is 725 g/mol. The number of aryl methyl sites for hydroxylation is 1. The lowest BCUT2D eigenvalue weighted by atomic mass is 10.1. The molecule has 14 heteroatoms. The number of nitrogens with one attached hydrogen (secondary N) is 2. The lowest BCUT2D eigenvalue weighted by Gasteiger charge is -2.43. The van der Waals surface area contributed by atoms with Crippen LogP contribution in [0.15, 0.2) is 72.9 Å². The molecule has 0 aliphatic rings. The number of benzene rings is 2. The Morgan fingerprint density at radius 3 is 2.19 bits per heavy atom. The number of pyridine rings is 1. The second-order valence-electron chi connectivity index (χ2n) is 13.6. The molecule has 0 aliphatic carbocycles. The van der Waals surface area contributed by atoms with Gasteiger partial charge in [0.25, 0.3) is 8.32 Å². The number of carboxylic acid groups (broad SMARTS) is 1. The van der Waals surface area contributed by atoms with E-state index < -0.39 is 20.4 Å². The highest BCUT2D eigenvalue weighted by Crippen LogP contribution is 2.37. The van der Waals surface area contributed by atoms with Gasteiger partial charge >= 0.3 is 12.1 Å². The molecule has 0 spiro atoms. The topological polar surface area (TPSA) is 163 Å². The van der Waals surface area contributed by atoms with E-state index in [9.17, 15) is 14.7 Å². The van der Waals surface area contributed by atoms with E-state index in [2.05, 4.69) is 96.8 Å². The summed E-state index contributed by atoms with van der Waals surface area (Å²) in [4.78, 5) is 37.6. The molecule has 1 unspecified atom stereocenters. The summed E-state index contributed by atoms with van der Waals surface area (Å²) in [6.07, 6.45) is 2.97. The van der Waals surface area contributed by atoms with Crippen LogP contribution in [0.3, 0.4) is 0 Å². The number of aromatic carboxylic acids is 1. The van der Waals surface area contributed by atoms with Crippen LogP contribution in [-0.2, 0) is 15.7 Å². The zero-order chi connectivity index (χ0) is 37.5. The summed E-state index contributed by atoms with van der Waals surface area (Å²) >= 11 is 0. The first kappa shape index (κ1) is 37.9. The average Bonchev–Trinajstić information content (AvgIpc) is 3.44. The van der Waals surface area contributed by atoms with Gasteiger partial charge in [-0.05, 0) is 41.2 Å². The standard InChI is InChI=1S/C38H47N7O6Si/c1-8-15-27(20-21-51-52(38(3,4)5,28-16-11-9-12-17-28)29-18-13-10-14-19-29)40-34-33-32(41-36(42-34)43-37(48)50-7)25(2)44-45(33)24-30-31(49-6)22-26(23-39-30)35(46)47/h9-14,16-19,22-23,27H,8,15,20-21,24H2,1-7H3,(H,46,47)(H2,40,41,42,43,48). The smallest absolute Gasteiger partial charge is 0.413 e. The van der Waals surface area contributed by atoms with Gasteiger partial charge < -0.3 is 24.3 Å². The number of fused-ring (bicyclic) bond motifs is 1. The molecule has 3 N–H and O–H groups in total. The molecule has 0 saturated heterocycles. The Bertz CT molecular complexity index is 1960. The van der Waals surface area contributed by atoms with Gasteiger partial charge in [0.2, 0.25) is 5.95 Å². The Balaban J connectivity index is 1.52. The molecule has 1 amide bonds. The molecule has 3 heterocycles. The van der Waals surface area contributed by atoms with E-state index in [1.54, 1.807) is 4.68 Å². The number of nitrogens with zero attached hydrogens (tertiary/aromatic N) is 5. The molecule has 0 saturated carbocycles. The third kappa shape index (κ3) is 8.08. The molecule has 0 fully saturated rings. The van der Waals surface area contributed by atoms with Crippen LogP contribution in [0.5, 0.6) is 5.75 Å². The molecule has 1 atom stereocenters. The number of rotatable bonds is 15. The van der Waals surface area contributed by atoms with Crippen LogP contribution < -0.4 is 25.7 Å². The summed E-state index contributed by atoms with van der Waals surface area (Å²) in [7, 11) is -0.0249. The lowest BCUT2D eigenvalue weighted by molar-refractivity contribution is 0.0696. The predicted molar refractivity (Wildman–Crippen MR) is 203 cm³/mol. The van der Waals surface area contributed by atoms with Crippen molar-refractivity contribution in [2.75, 3.05) is 31.5 Å². The molecule has 0 radical (unpaired) electrons. The van der Waals surface area contributed by atoms with E-state index in [0.717, 1.165) is 12.8 Å². The first-order valence-electron chi connectivity index (χ1n) is 17.3. The number of carboxylic acids is 1. The van der Waals surface area contributed by atoms with Crippen LogP contribution in [0.2, 0.25) is 5.04 Å². The SMILES string of the molecule is CCCC(CCO[Si](c1ccccc1)(c1ccccc1)C(C)(C)C)Nc1nc(NC(=O)OC)nc2c(C)nn(Cc3ncc(C(=O)O)cc3OC)c12. The molecule has 5 rings (SSSR count). The van der Waals surface area contributed by atoms with Crippen molar-refractivity contribution < 1.29 is 28.6 Å². The number of carbonyl (C=O) groups is 2. The number of hydrogen-bond donors (Lipinski definition) is 3. The molecule has 13 nitrogen and oxygen atoms in total. The molecule has 5 aromatic rings. The number of ether oxygens (including phenoxy) is 2. The molecular formula is C38H47N7O6Si. The average molecular weight is 726 g/mol. The maximum atomic E-state index is 12.2. The highest BCUT2D eigenvalue weighted by atomic mass is 28.4. The third-order valence-electron chi connectivity index (χ3n) is 9.03. The highest BCUT2D eigenvalue weighted by molar-refractivity contribution is 6.99. The minimum atomic E-state index is -2.76. The second kappa shape index (κ2) is 16.3. The number of carbonyl (C=O) groups excluding carboxylic acids is 1. The van der Waals surface area contributed by atoms with Crippen LogP contribution in [0.25, 0.3) is 11.0 Å². The largest absolute Gasteiger partial charge is 0.495 e. The zero-order valence-electron chi connectivity index (χ0n) is 30.8. The first-order chi connectivity index (χ1) is 24.9. The van der Waals surface area contributed by atoms with Crippen LogP contribution in [0.1, 0.15) is 68.7 Å². The molecule has 3 aromatic heterocycles. The minimum Gasteiger partial charge on any atom is -0.495 e. The fourth-order valence-corrected chi connectivity index (χ4v) is 11.2. The lowest BCUT2D eigenvalue weighted by Crippen LogP contribution is -2.66. The Morgan fingerprint density at radius 2 is 1.63 bits per heavy atom. The summed E-state index contributed by atoms with van der Waals surface area (Å²) in [6.45, 7) is 11.4. The molecular weight excluding hydrogens is 679 g/mol. The fourth-order valence-electron chi connectivity index (χ4n) is 6.62. The summed E-state index contributed by atoms with van der Waals surface area (Å²) in [5, 5.41) is 22.7. The van der Waals surface area contributed by atoms with Crippen molar-refractivity contribution in [1.82, 2.24) is 24.7 Å². The number of aromatic nitrogens is 5. The Labute approximate surface area is 304 Å². The van der Waals surface area contributed by atoms with Gasteiger partial charge in [-0.15, -0.1) is 0 Å². The van der Waals surface area contributed by atoms with Gasteiger partial charge in [0.15, 0.2) is 5.82 Å². The molecule has 274 valence electrons. The van der Waals surface area contributed by atoms with Crippen molar-refractivity contribution in [2.45, 2.75) is 71.5 Å². The van der Waals surface area contributed by atoms with E-state index in [1.807, 2.05) is 19.1 Å². The van der Waals surface area contributed by atoms with Crippen LogP contribution in [0.4, 0.5) is 16.6 Å². The summed E-state index contributed by atoms with van der Waals surface area (Å²) in [5.41, 5.74) is 2.19. The Hall–Kier alpha value is -5.34. The highest BCUT2D eigenvalue weighted by Gasteiger charge is 2.50. The molecule has 2 aromatic carbocycles. The van der Waals surface area contributed by atoms with Gasteiger partial charge in [0.1, 0.15) is 22.5 Å². The van der Waals surface area contributed by atoms with Crippen LogP contribution >= 0.6 is 0 Å². The van der Waals surface area contributed by atoms with Crippen molar-refractivity contribution in [1.29, 1.82) is 0 Å². The maximum Gasteiger partial charge on any atom is 0.413 e. The van der Waals surface area contributed by atoms with Gasteiger partial charge in [-0.2, -0.15) is 10.1 Å². The summed E-state index contributed by atoms with van der Waals surface area (Å²) in [5.74, 6) is -0.277. The Morgan fingerprint density at radius 1 is 0.981 bits per heavy atom. The van der Waals surface area contributed by atoms with Gasteiger partial charge in [-0.3, -0.25) is 15.0 Å². The van der Waals surface area contributed by atoms with Crippen molar-refractivity contribution in [3.05, 3.63) is 89.9 Å². The number of hydrogen-bond acceptors (Lipinski definition) is 10. The summed E-state index contributed by atoms with van der Waals surface area (Å²) in [6, 6.07) is 22.5. The molecule has 0 aliphatic heterocycles. The van der Waals surface area contributed by atoms with Crippen molar-refractivity contribution in [2.24, 2.45) is 0 Å². The normalized spacial score (nSPS) is 12.4. The van der Waals surface area contributed by atoms with Gasteiger partial charge in [0.05, 0.1) is 32.0 Å². The minimum absolute atomic E-state index is 0.00835. The van der Waals surface area contributed by atoms with Crippen LogP contribution in [0, 0.1) is 6.92 Å². The predicted octanol–water partition coefficient (Wildman–Crippen LogP) is 6.01. The number of methoxy groups -OCH3 is 2. The molecule has 52 heavy (non-hydrogen) atoms. The second-order valence-corrected chi connectivity index (χ2v) is 17.9. The first-order valence-corrected chi connectivity index (χ1v) is 19.2. The fraction of sp³-hybridized carbons (Fsp3) is 0.368. The third-order valence-corrected chi connectivity index (χ3v) is 14.1. The van der Waals surface area contributed by atoms with Crippen LogP contribution in [-0.4, -0.2) is 77.1 Å². The van der Waals surface area contributed by atoms with Crippen molar-refractivity contribution >= 4 is 53.6 Å². The molecule has 0 bridgehead atoms. The van der Waals surface area contributed by atoms with E-state index >= 15 is 0 Å². The maximum absolute atomic E-state index is 12.2. The number of amides is 1. The van der Waals surface area contributed by atoms with Crippen molar-refractivity contribution in [3.8, 4) is 5.75 Å². The van der Waals surface area contributed by atoms with E-state index in [-0.39, 0.29) is 29.1 Å². The Kier molecular flexibility index (Phi) is 11.9. The van der Waals surface area contributed by atoms with Crippen molar-refractivity contribution in [3.63, 3.8) is 0 Å². The van der Waals surface area contributed by atoms with Gasteiger partial charge in [0, 0.05) is 18.8 Å². The van der Waals surface area contributed by atoms with Gasteiger partial charge in [-0.25, -0.2) is 14.6 Å². The summed E-state index contributed by atoms with van der Waals surface area (Å²) < 4.78 is 19.3. The zero-order valence-corrected chi connectivity index (χ0v) is 31.8. The quantitative estimate of drug-likeness (QED) is 0.108. The van der Waals surface area contributed by atoms with E-state index in [4.69, 9.17) is 24.0 Å². The van der Waals surface area contributed by atoms with E-state index in [1.165, 1.54) is 36.9 Å². The number of anilines is 2. The van der Waals surface area contributed by atoms with E-state index in [0.29, 0.717) is 47.0 Å². The van der Waals surface area contributed by atoms with Gasteiger partial charge in [-0.1, -0.05) is 94.8 Å².